The molecule has 0 spiro atoms. The highest BCUT2D eigenvalue weighted by atomic mass is 35.5. The highest BCUT2D eigenvalue weighted by Crippen LogP contribution is 2.25. The first-order valence-electron chi connectivity index (χ1n) is 6.34. The molecule has 0 radical (unpaired) electrons. The summed E-state index contributed by atoms with van der Waals surface area (Å²) in [7, 11) is 1.44. The van der Waals surface area contributed by atoms with E-state index < -0.39 is 0 Å². The maximum atomic E-state index is 11.6. The lowest BCUT2D eigenvalue weighted by Gasteiger charge is -2.31. The molecule has 19 heavy (non-hydrogen) atoms. The zero-order valence-corrected chi connectivity index (χ0v) is 12.4. The van der Waals surface area contributed by atoms with Gasteiger partial charge in [0.2, 0.25) is 0 Å². The Labute approximate surface area is 123 Å². The molecule has 2 rings (SSSR count). The lowest BCUT2D eigenvalue weighted by molar-refractivity contribution is -0.147. The zero-order chi connectivity index (χ0) is 13.8. The lowest BCUT2D eigenvalue weighted by atomic mass is 9.98. The molecule has 1 aliphatic heterocycles. The molecule has 1 saturated heterocycles. The number of benzene rings is 1. The van der Waals surface area contributed by atoms with Crippen LogP contribution in [0.25, 0.3) is 0 Å². The average molecular weight is 302 g/mol. The summed E-state index contributed by atoms with van der Waals surface area (Å²) in [5.74, 6) is -0.154. The number of halogens is 2. The number of nitrogens with zero attached hydrogens (tertiary/aromatic N) is 1. The van der Waals surface area contributed by atoms with Gasteiger partial charge in [0.1, 0.15) is 0 Å². The van der Waals surface area contributed by atoms with Gasteiger partial charge in [-0.25, -0.2) is 0 Å². The molecule has 0 saturated carbocycles. The number of piperidine rings is 1. The Morgan fingerprint density at radius 2 is 2.26 bits per heavy atom. The number of hydrogen-bond donors (Lipinski definition) is 0. The molecule has 1 aromatic rings. The fraction of sp³-hybridized carbons (Fsp3) is 0.500. The van der Waals surface area contributed by atoms with Crippen LogP contribution in [-0.2, 0) is 16.1 Å². The van der Waals surface area contributed by atoms with E-state index in [4.69, 9.17) is 27.9 Å². The van der Waals surface area contributed by atoms with Crippen LogP contribution < -0.4 is 0 Å². The minimum Gasteiger partial charge on any atom is -0.469 e. The van der Waals surface area contributed by atoms with Crippen molar-refractivity contribution in [1.29, 1.82) is 0 Å². The van der Waals surface area contributed by atoms with Gasteiger partial charge in [-0.05, 0) is 43.1 Å². The minimum absolute atomic E-state index is 0.0308. The molecule has 0 aromatic heterocycles. The largest absolute Gasteiger partial charge is 0.469 e. The molecule has 0 aliphatic carbocycles. The summed E-state index contributed by atoms with van der Waals surface area (Å²) in [5, 5.41) is 1.39. The first-order chi connectivity index (χ1) is 9.10. The van der Waals surface area contributed by atoms with E-state index in [9.17, 15) is 4.79 Å². The van der Waals surface area contributed by atoms with Gasteiger partial charge in [0.15, 0.2) is 0 Å². The van der Waals surface area contributed by atoms with E-state index in [-0.39, 0.29) is 11.9 Å². The molecule has 0 N–H and O–H groups in total. The molecular formula is C14H17Cl2NO2. The standard InChI is InChI=1S/C14H17Cl2NO2/c1-19-14(18)10-3-2-6-17(8-10)9-11-7-12(15)4-5-13(11)16/h4-5,7,10H,2-3,6,8-9H2,1H3/t10-/m0/s1. The van der Waals surface area contributed by atoms with Crippen molar-refractivity contribution in [3.05, 3.63) is 33.8 Å². The maximum Gasteiger partial charge on any atom is 0.309 e. The Balaban J connectivity index is 2.02. The van der Waals surface area contributed by atoms with E-state index in [0.29, 0.717) is 16.6 Å². The highest BCUT2D eigenvalue weighted by Gasteiger charge is 2.26. The molecule has 3 nitrogen and oxygen atoms in total. The number of methoxy groups -OCH3 is 1. The van der Waals surface area contributed by atoms with Gasteiger partial charge in [-0.15, -0.1) is 0 Å². The average Bonchev–Trinajstić information content (AvgIpc) is 2.42. The van der Waals surface area contributed by atoms with Gasteiger partial charge in [0.05, 0.1) is 13.0 Å². The van der Waals surface area contributed by atoms with Gasteiger partial charge in [-0.1, -0.05) is 23.2 Å². The summed E-state index contributed by atoms with van der Waals surface area (Å²) in [6.45, 7) is 2.40. The highest BCUT2D eigenvalue weighted by molar-refractivity contribution is 6.33. The van der Waals surface area contributed by atoms with Crippen LogP contribution >= 0.6 is 23.2 Å². The van der Waals surface area contributed by atoms with Crippen LogP contribution in [0.15, 0.2) is 18.2 Å². The Hall–Kier alpha value is -0.770. The smallest absolute Gasteiger partial charge is 0.309 e. The van der Waals surface area contributed by atoms with Gasteiger partial charge in [0, 0.05) is 23.1 Å². The first kappa shape index (κ1) is 14.6. The second kappa shape index (κ2) is 6.60. The van der Waals surface area contributed by atoms with Crippen LogP contribution in [0.1, 0.15) is 18.4 Å². The first-order valence-corrected chi connectivity index (χ1v) is 7.10. The molecule has 0 bridgehead atoms. The van der Waals surface area contributed by atoms with Gasteiger partial charge in [-0.2, -0.15) is 0 Å². The predicted molar refractivity (Wildman–Crippen MR) is 76.5 cm³/mol. The third-order valence-corrected chi connectivity index (χ3v) is 4.05. The quantitative estimate of drug-likeness (QED) is 0.802. The number of likely N-dealkylation sites (tertiary alicyclic amines) is 1. The van der Waals surface area contributed by atoms with Crippen molar-refractivity contribution >= 4 is 29.2 Å². The summed E-state index contributed by atoms with van der Waals surface area (Å²) in [4.78, 5) is 13.8. The van der Waals surface area contributed by atoms with Crippen molar-refractivity contribution in [3.8, 4) is 0 Å². The monoisotopic (exact) mass is 301 g/mol. The summed E-state index contributed by atoms with van der Waals surface area (Å²) in [6, 6.07) is 5.47. The van der Waals surface area contributed by atoms with Gasteiger partial charge in [0.25, 0.3) is 0 Å². The van der Waals surface area contributed by atoms with Crippen molar-refractivity contribution in [2.45, 2.75) is 19.4 Å². The van der Waals surface area contributed by atoms with Gasteiger partial charge < -0.3 is 4.74 Å². The van der Waals surface area contributed by atoms with Crippen LogP contribution in [0.4, 0.5) is 0 Å². The predicted octanol–water partition coefficient (Wildman–Crippen LogP) is 3.38. The van der Waals surface area contributed by atoms with Gasteiger partial charge in [-0.3, -0.25) is 9.69 Å². The molecule has 1 atom stereocenters. The van der Waals surface area contributed by atoms with E-state index in [1.54, 1.807) is 12.1 Å². The van der Waals surface area contributed by atoms with E-state index in [0.717, 1.165) is 31.5 Å². The number of carbonyl (C=O) groups excluding carboxylic acids is 1. The Kier molecular flexibility index (Phi) is 5.08. The number of carbonyl (C=O) groups is 1. The molecule has 1 heterocycles. The molecular weight excluding hydrogens is 285 g/mol. The number of rotatable bonds is 3. The normalized spacial score (nSPS) is 20.3. The van der Waals surface area contributed by atoms with Crippen LogP contribution in [0.3, 0.4) is 0 Å². The molecule has 0 amide bonds. The van der Waals surface area contributed by atoms with E-state index in [1.165, 1.54) is 7.11 Å². The number of hydrogen-bond acceptors (Lipinski definition) is 3. The fourth-order valence-corrected chi connectivity index (χ4v) is 2.84. The topological polar surface area (TPSA) is 29.5 Å². The molecule has 1 fully saturated rings. The van der Waals surface area contributed by atoms with Crippen LogP contribution in [0.2, 0.25) is 10.0 Å². The van der Waals surface area contributed by atoms with Crippen molar-refractivity contribution in [3.63, 3.8) is 0 Å². The van der Waals surface area contributed by atoms with E-state index in [1.807, 2.05) is 6.07 Å². The fourth-order valence-electron chi connectivity index (χ4n) is 2.46. The zero-order valence-electron chi connectivity index (χ0n) is 10.9. The van der Waals surface area contributed by atoms with Crippen molar-refractivity contribution in [2.75, 3.05) is 20.2 Å². The summed E-state index contributed by atoms with van der Waals surface area (Å²) in [5.41, 5.74) is 1.000. The maximum absolute atomic E-state index is 11.6. The van der Waals surface area contributed by atoms with E-state index in [2.05, 4.69) is 4.90 Å². The molecule has 0 unspecified atom stereocenters. The summed E-state index contributed by atoms with van der Waals surface area (Å²) >= 11 is 12.1. The third-order valence-electron chi connectivity index (χ3n) is 3.44. The van der Waals surface area contributed by atoms with Gasteiger partial charge >= 0.3 is 5.97 Å². The van der Waals surface area contributed by atoms with Crippen molar-refractivity contribution in [1.82, 2.24) is 4.90 Å². The SMILES string of the molecule is COC(=O)[C@H]1CCCN(Cc2cc(Cl)ccc2Cl)C1. The Bertz CT molecular complexity index is 465. The Morgan fingerprint density at radius 1 is 1.47 bits per heavy atom. The van der Waals surface area contributed by atoms with Crippen molar-refractivity contribution in [2.24, 2.45) is 5.92 Å². The Morgan fingerprint density at radius 3 is 3.00 bits per heavy atom. The van der Waals surface area contributed by atoms with Crippen LogP contribution in [-0.4, -0.2) is 31.1 Å². The molecule has 5 heteroatoms. The number of ether oxygens (including phenoxy) is 1. The summed E-state index contributed by atoms with van der Waals surface area (Å²) in [6.07, 6.45) is 1.89. The van der Waals surface area contributed by atoms with Crippen LogP contribution in [0.5, 0.6) is 0 Å². The molecule has 104 valence electrons. The summed E-state index contributed by atoms with van der Waals surface area (Å²) < 4.78 is 4.82. The minimum atomic E-state index is -0.123. The van der Waals surface area contributed by atoms with Crippen LogP contribution in [0, 0.1) is 5.92 Å². The number of esters is 1. The lowest BCUT2D eigenvalue weighted by Crippen LogP contribution is -2.38. The second-order valence-corrected chi connectivity index (χ2v) is 5.68. The molecule has 1 aromatic carbocycles. The second-order valence-electron chi connectivity index (χ2n) is 4.83. The van der Waals surface area contributed by atoms with Crippen molar-refractivity contribution < 1.29 is 9.53 Å². The third kappa shape index (κ3) is 3.85. The van der Waals surface area contributed by atoms with E-state index >= 15 is 0 Å². The molecule has 1 aliphatic rings.